The number of rotatable bonds is 3. The number of aliphatic carboxylic acids is 1. The number of aryl methyl sites for hydroxylation is 2. The zero-order valence-corrected chi connectivity index (χ0v) is 11.3. The van der Waals surface area contributed by atoms with Crippen LogP contribution in [0.15, 0.2) is 24.3 Å². The second-order valence-electron chi connectivity index (χ2n) is 5.57. The van der Waals surface area contributed by atoms with Gasteiger partial charge < -0.3 is 9.67 Å². The number of benzene rings is 1. The van der Waals surface area contributed by atoms with Gasteiger partial charge in [-0.15, -0.1) is 0 Å². The van der Waals surface area contributed by atoms with Crippen LogP contribution in [0.4, 0.5) is 0 Å². The molecule has 0 bridgehead atoms. The van der Waals surface area contributed by atoms with Crippen molar-refractivity contribution >= 4 is 16.9 Å². The van der Waals surface area contributed by atoms with E-state index in [9.17, 15) is 4.79 Å². The van der Waals surface area contributed by atoms with Gasteiger partial charge in [0, 0.05) is 29.1 Å². The summed E-state index contributed by atoms with van der Waals surface area (Å²) in [6.07, 6.45) is 0.143. The molecule has 0 aliphatic carbocycles. The number of aromatic nitrogens is 1. The van der Waals surface area contributed by atoms with Gasteiger partial charge in [0.1, 0.15) is 0 Å². The SMILES string of the molecule is Cc1cc2cc(C(C)(C)CC(=O)O)ccc2n1C. The highest BCUT2D eigenvalue weighted by atomic mass is 16.4. The minimum atomic E-state index is -0.760. The molecule has 96 valence electrons. The van der Waals surface area contributed by atoms with Crippen LogP contribution in [0.3, 0.4) is 0 Å². The van der Waals surface area contributed by atoms with Gasteiger partial charge >= 0.3 is 5.97 Å². The van der Waals surface area contributed by atoms with Crippen LogP contribution in [-0.4, -0.2) is 15.6 Å². The highest BCUT2D eigenvalue weighted by Crippen LogP contribution is 2.30. The Bertz CT molecular complexity index is 608. The van der Waals surface area contributed by atoms with Crippen LogP contribution in [0, 0.1) is 6.92 Å². The number of fused-ring (bicyclic) bond motifs is 1. The number of carboxylic acids is 1. The van der Waals surface area contributed by atoms with E-state index in [1.807, 2.05) is 27.0 Å². The Morgan fingerprint density at radius 2 is 2.00 bits per heavy atom. The van der Waals surface area contributed by atoms with Crippen molar-refractivity contribution in [2.24, 2.45) is 7.05 Å². The van der Waals surface area contributed by atoms with Gasteiger partial charge in [0.25, 0.3) is 0 Å². The van der Waals surface area contributed by atoms with Gasteiger partial charge in [0.05, 0.1) is 6.42 Å². The third-order valence-corrected chi connectivity index (χ3v) is 3.66. The summed E-state index contributed by atoms with van der Waals surface area (Å²) < 4.78 is 2.14. The van der Waals surface area contributed by atoms with Crippen molar-refractivity contribution in [1.82, 2.24) is 4.57 Å². The number of hydrogen-bond acceptors (Lipinski definition) is 1. The molecule has 1 heterocycles. The summed E-state index contributed by atoms with van der Waals surface area (Å²) in [6, 6.07) is 8.34. The quantitative estimate of drug-likeness (QED) is 0.902. The molecule has 3 nitrogen and oxygen atoms in total. The highest BCUT2D eigenvalue weighted by molar-refractivity contribution is 5.82. The first kappa shape index (κ1) is 12.7. The lowest BCUT2D eigenvalue weighted by molar-refractivity contribution is -0.138. The number of carboxylic acid groups (broad SMARTS) is 1. The molecule has 2 aromatic rings. The fourth-order valence-corrected chi connectivity index (χ4v) is 2.39. The maximum Gasteiger partial charge on any atom is 0.304 e. The zero-order chi connectivity index (χ0) is 13.5. The molecular weight excluding hydrogens is 226 g/mol. The van der Waals surface area contributed by atoms with Gasteiger partial charge in [-0.25, -0.2) is 0 Å². The van der Waals surface area contributed by atoms with Crippen LogP contribution in [0.1, 0.15) is 31.5 Å². The van der Waals surface area contributed by atoms with Crippen LogP contribution in [-0.2, 0) is 17.3 Å². The van der Waals surface area contributed by atoms with Crippen molar-refractivity contribution in [2.45, 2.75) is 32.6 Å². The summed E-state index contributed by atoms with van der Waals surface area (Å²) in [5, 5.41) is 10.1. The number of nitrogens with zero attached hydrogens (tertiary/aromatic N) is 1. The molecular formula is C15H19NO2. The molecule has 1 N–H and O–H groups in total. The molecule has 0 radical (unpaired) electrons. The third-order valence-electron chi connectivity index (χ3n) is 3.66. The highest BCUT2D eigenvalue weighted by Gasteiger charge is 2.24. The Morgan fingerprint density at radius 3 is 2.61 bits per heavy atom. The Morgan fingerprint density at radius 1 is 1.33 bits per heavy atom. The molecule has 0 saturated carbocycles. The molecule has 0 aliphatic heterocycles. The van der Waals surface area contributed by atoms with Gasteiger partial charge in [0.15, 0.2) is 0 Å². The van der Waals surface area contributed by atoms with Crippen LogP contribution >= 0.6 is 0 Å². The molecule has 2 rings (SSSR count). The lowest BCUT2D eigenvalue weighted by Crippen LogP contribution is -2.21. The molecule has 0 amide bonds. The standard InChI is InChI=1S/C15H19NO2/c1-10-7-11-8-12(5-6-13(11)16(10)4)15(2,3)9-14(17)18/h5-8H,9H2,1-4H3,(H,17,18). The first-order valence-electron chi connectivity index (χ1n) is 6.09. The second kappa shape index (κ2) is 4.16. The van der Waals surface area contributed by atoms with Gasteiger partial charge in [-0.2, -0.15) is 0 Å². The minimum Gasteiger partial charge on any atom is -0.481 e. The Labute approximate surface area is 107 Å². The zero-order valence-electron chi connectivity index (χ0n) is 11.3. The first-order valence-corrected chi connectivity index (χ1v) is 6.09. The average molecular weight is 245 g/mol. The van der Waals surface area contributed by atoms with Crippen molar-refractivity contribution in [2.75, 3.05) is 0 Å². The smallest absolute Gasteiger partial charge is 0.304 e. The summed E-state index contributed by atoms with van der Waals surface area (Å²) in [6.45, 7) is 6.01. The second-order valence-corrected chi connectivity index (χ2v) is 5.57. The third kappa shape index (κ3) is 2.13. The largest absolute Gasteiger partial charge is 0.481 e. The predicted molar refractivity (Wildman–Crippen MR) is 72.9 cm³/mol. The van der Waals surface area contributed by atoms with E-state index in [4.69, 9.17) is 5.11 Å². The molecule has 1 aromatic heterocycles. The topological polar surface area (TPSA) is 42.2 Å². The summed E-state index contributed by atoms with van der Waals surface area (Å²) >= 11 is 0. The summed E-state index contributed by atoms with van der Waals surface area (Å²) in [7, 11) is 2.04. The van der Waals surface area contributed by atoms with Crippen LogP contribution in [0.5, 0.6) is 0 Å². The Hall–Kier alpha value is -1.77. The summed E-state index contributed by atoms with van der Waals surface area (Å²) in [5.74, 6) is -0.760. The van der Waals surface area contributed by atoms with Gasteiger partial charge in [-0.3, -0.25) is 4.79 Å². The van der Waals surface area contributed by atoms with Crippen LogP contribution in [0.2, 0.25) is 0 Å². The van der Waals surface area contributed by atoms with Gasteiger partial charge in [-0.1, -0.05) is 19.9 Å². The number of hydrogen-bond donors (Lipinski definition) is 1. The Kier molecular flexibility index (Phi) is 2.93. The average Bonchev–Trinajstić information content (AvgIpc) is 2.52. The minimum absolute atomic E-state index is 0.143. The van der Waals surface area contributed by atoms with E-state index < -0.39 is 5.97 Å². The maximum atomic E-state index is 10.9. The van der Waals surface area contributed by atoms with Crippen molar-refractivity contribution in [3.63, 3.8) is 0 Å². The monoisotopic (exact) mass is 245 g/mol. The molecule has 1 aromatic carbocycles. The van der Waals surface area contributed by atoms with E-state index in [0.29, 0.717) is 0 Å². The van der Waals surface area contributed by atoms with Crippen molar-refractivity contribution in [3.8, 4) is 0 Å². The molecule has 0 aliphatic rings. The molecule has 0 fully saturated rings. The van der Waals surface area contributed by atoms with E-state index >= 15 is 0 Å². The molecule has 3 heteroatoms. The predicted octanol–water partition coefficient (Wildman–Crippen LogP) is 3.24. The molecule has 0 atom stereocenters. The lowest BCUT2D eigenvalue weighted by atomic mass is 9.81. The number of carbonyl (C=O) groups is 1. The van der Waals surface area contributed by atoms with E-state index in [1.54, 1.807) is 0 Å². The molecule has 0 unspecified atom stereocenters. The van der Waals surface area contributed by atoms with Crippen molar-refractivity contribution in [1.29, 1.82) is 0 Å². The van der Waals surface area contributed by atoms with Gasteiger partial charge in [-0.05, 0) is 30.7 Å². The molecule has 0 spiro atoms. The lowest BCUT2D eigenvalue weighted by Gasteiger charge is -2.23. The molecule has 0 saturated heterocycles. The fraction of sp³-hybridized carbons (Fsp3) is 0.400. The summed E-state index contributed by atoms with van der Waals surface area (Å²) in [5.41, 5.74) is 3.12. The normalized spacial score (nSPS) is 12.0. The molecule has 18 heavy (non-hydrogen) atoms. The van der Waals surface area contributed by atoms with Crippen LogP contribution in [0.25, 0.3) is 10.9 Å². The fourth-order valence-electron chi connectivity index (χ4n) is 2.39. The van der Waals surface area contributed by atoms with Gasteiger partial charge in [0.2, 0.25) is 0 Å². The van der Waals surface area contributed by atoms with E-state index in [2.05, 4.69) is 29.7 Å². The van der Waals surface area contributed by atoms with E-state index in [-0.39, 0.29) is 11.8 Å². The summed E-state index contributed by atoms with van der Waals surface area (Å²) in [4.78, 5) is 10.9. The van der Waals surface area contributed by atoms with E-state index in [1.165, 1.54) is 16.6 Å². The van der Waals surface area contributed by atoms with Crippen molar-refractivity contribution in [3.05, 3.63) is 35.5 Å². The first-order chi connectivity index (χ1) is 8.31. The van der Waals surface area contributed by atoms with Crippen molar-refractivity contribution < 1.29 is 9.90 Å². The Balaban J connectivity index is 2.50. The maximum absolute atomic E-state index is 10.9. The van der Waals surface area contributed by atoms with Crippen LogP contribution < -0.4 is 0 Å². The van der Waals surface area contributed by atoms with E-state index in [0.717, 1.165) is 5.56 Å².